The Balaban J connectivity index is 1.58. The van der Waals surface area contributed by atoms with Crippen molar-refractivity contribution in [3.05, 3.63) is 5.82 Å². The largest absolute Gasteiger partial charge is 0.359 e. The van der Waals surface area contributed by atoms with Crippen LogP contribution in [0.5, 0.6) is 0 Å². The average molecular weight is 315 g/mol. The van der Waals surface area contributed by atoms with Crippen molar-refractivity contribution in [3.63, 3.8) is 0 Å². The van der Waals surface area contributed by atoms with Gasteiger partial charge in [0.05, 0.1) is 11.0 Å². The number of rotatable bonds is 4. The fourth-order valence-electron chi connectivity index (χ4n) is 3.11. The lowest BCUT2D eigenvalue weighted by Gasteiger charge is -2.22. The maximum atomic E-state index is 11.9. The Morgan fingerprint density at radius 1 is 1.15 bits per heavy atom. The molecule has 1 unspecified atom stereocenters. The normalized spacial score (nSPS) is 26.7. The molecule has 1 aromatic heterocycles. The molecule has 1 aromatic rings. The van der Waals surface area contributed by atoms with Crippen LogP contribution in [0.4, 0.5) is 5.13 Å². The highest BCUT2D eigenvalue weighted by atomic mass is 32.2. The summed E-state index contributed by atoms with van der Waals surface area (Å²) in [5, 5.41) is 3.70. The molecule has 1 saturated heterocycles. The number of hydrogen-bond acceptors (Lipinski definition) is 6. The lowest BCUT2D eigenvalue weighted by molar-refractivity contribution is 0.544. The lowest BCUT2D eigenvalue weighted by Crippen LogP contribution is -2.34. The number of hydrogen-bond donors (Lipinski definition) is 1. The van der Waals surface area contributed by atoms with Crippen molar-refractivity contribution in [1.29, 1.82) is 0 Å². The third kappa shape index (κ3) is 3.14. The van der Waals surface area contributed by atoms with Crippen LogP contribution in [0, 0.1) is 0 Å². The first-order valence-electron chi connectivity index (χ1n) is 7.44. The molecule has 1 atom stereocenters. The molecule has 2 heterocycles. The molecule has 1 aliphatic carbocycles. The Hall–Kier alpha value is -0.690. The van der Waals surface area contributed by atoms with Crippen LogP contribution in [0.15, 0.2) is 0 Å². The summed E-state index contributed by atoms with van der Waals surface area (Å²) in [5.41, 5.74) is 0. The van der Waals surface area contributed by atoms with Crippen molar-refractivity contribution in [3.8, 4) is 0 Å². The van der Waals surface area contributed by atoms with Gasteiger partial charge in [-0.2, -0.15) is 4.37 Å². The van der Waals surface area contributed by atoms with E-state index in [9.17, 15) is 8.42 Å². The molecule has 1 N–H and O–H groups in total. The topological polar surface area (TPSA) is 72.0 Å². The summed E-state index contributed by atoms with van der Waals surface area (Å²) in [7, 11) is -2.91. The van der Waals surface area contributed by atoms with E-state index in [0.29, 0.717) is 18.2 Å². The molecule has 0 amide bonds. The van der Waals surface area contributed by atoms with Crippen molar-refractivity contribution in [2.24, 2.45) is 0 Å². The summed E-state index contributed by atoms with van der Waals surface area (Å²) in [5.74, 6) is 1.80. The Kier molecular flexibility index (Phi) is 4.26. The maximum absolute atomic E-state index is 11.9. The number of sulfone groups is 1. The number of nitrogens with one attached hydrogen (secondary N) is 1. The molecule has 112 valence electrons. The molecule has 3 rings (SSSR count). The smallest absolute Gasteiger partial charge is 0.202 e. The Morgan fingerprint density at radius 3 is 2.65 bits per heavy atom. The molecule has 1 saturated carbocycles. The molecule has 1 aliphatic heterocycles. The predicted molar refractivity (Wildman–Crippen MR) is 81.0 cm³/mol. The standard InChI is InChI=1S/C13H21N3O2S2/c17-20(18)8-4-3-7-11(20)9-14-13-15-12(16-19-13)10-5-1-2-6-10/h10-11H,1-9H2,(H,14,15,16). The van der Waals surface area contributed by atoms with Gasteiger partial charge in [0.2, 0.25) is 5.13 Å². The zero-order valence-corrected chi connectivity index (χ0v) is 13.2. The van der Waals surface area contributed by atoms with Crippen LogP contribution in [0.25, 0.3) is 0 Å². The van der Waals surface area contributed by atoms with E-state index in [4.69, 9.17) is 0 Å². The van der Waals surface area contributed by atoms with Gasteiger partial charge in [-0.3, -0.25) is 0 Å². The second kappa shape index (κ2) is 5.97. The Bertz CT molecular complexity index is 550. The average Bonchev–Trinajstić information content (AvgIpc) is 3.08. The summed E-state index contributed by atoms with van der Waals surface area (Å²) in [6.45, 7) is 0.474. The van der Waals surface area contributed by atoms with E-state index in [1.807, 2.05) is 0 Å². The van der Waals surface area contributed by atoms with Gasteiger partial charge in [-0.1, -0.05) is 19.3 Å². The molecular formula is C13H21N3O2S2. The van der Waals surface area contributed by atoms with E-state index in [-0.39, 0.29) is 5.25 Å². The Labute approximate surface area is 124 Å². The van der Waals surface area contributed by atoms with Crippen molar-refractivity contribution in [1.82, 2.24) is 9.36 Å². The predicted octanol–water partition coefficient (Wildman–Crippen LogP) is 2.57. The SMILES string of the molecule is O=S1(=O)CCCCC1CNc1nc(C2CCCC2)ns1. The highest BCUT2D eigenvalue weighted by Crippen LogP contribution is 2.33. The second-order valence-corrected chi connectivity index (χ2v) is 8.96. The van der Waals surface area contributed by atoms with Gasteiger partial charge in [0.15, 0.2) is 9.84 Å². The van der Waals surface area contributed by atoms with Gasteiger partial charge < -0.3 is 5.32 Å². The summed E-state index contributed by atoms with van der Waals surface area (Å²) < 4.78 is 28.3. The minimum absolute atomic E-state index is 0.255. The van der Waals surface area contributed by atoms with Crippen LogP contribution in [0.2, 0.25) is 0 Å². The van der Waals surface area contributed by atoms with Gasteiger partial charge in [-0.05, 0) is 25.7 Å². The minimum atomic E-state index is -2.91. The molecule has 0 aromatic carbocycles. The van der Waals surface area contributed by atoms with E-state index < -0.39 is 9.84 Å². The van der Waals surface area contributed by atoms with Crippen molar-refractivity contribution < 1.29 is 8.42 Å². The first kappa shape index (κ1) is 14.3. The third-order valence-corrected chi connectivity index (χ3v) is 7.32. The maximum Gasteiger partial charge on any atom is 0.202 e. The van der Waals surface area contributed by atoms with Crippen molar-refractivity contribution in [2.45, 2.75) is 56.1 Å². The highest BCUT2D eigenvalue weighted by molar-refractivity contribution is 7.92. The van der Waals surface area contributed by atoms with Crippen LogP contribution in [-0.4, -0.2) is 35.3 Å². The molecular weight excluding hydrogens is 294 g/mol. The monoisotopic (exact) mass is 315 g/mol. The van der Waals surface area contributed by atoms with Crippen LogP contribution in [0.1, 0.15) is 56.7 Å². The van der Waals surface area contributed by atoms with Crippen LogP contribution in [-0.2, 0) is 9.84 Å². The molecule has 0 radical (unpaired) electrons. The van der Waals surface area contributed by atoms with E-state index in [1.165, 1.54) is 37.2 Å². The third-order valence-electron chi connectivity index (χ3n) is 4.36. The second-order valence-electron chi connectivity index (χ2n) is 5.80. The molecule has 7 heteroatoms. The number of aromatic nitrogens is 2. The van der Waals surface area contributed by atoms with Crippen molar-refractivity contribution in [2.75, 3.05) is 17.6 Å². The fraction of sp³-hybridized carbons (Fsp3) is 0.846. The molecule has 0 spiro atoms. The number of nitrogens with zero attached hydrogens (tertiary/aromatic N) is 2. The van der Waals surface area contributed by atoms with Gasteiger partial charge in [0.25, 0.3) is 0 Å². The van der Waals surface area contributed by atoms with Crippen LogP contribution in [0.3, 0.4) is 0 Å². The Morgan fingerprint density at radius 2 is 1.90 bits per heavy atom. The highest BCUT2D eigenvalue weighted by Gasteiger charge is 2.29. The first-order chi connectivity index (χ1) is 9.65. The summed E-state index contributed by atoms with van der Waals surface area (Å²) in [4.78, 5) is 4.53. The zero-order chi connectivity index (χ0) is 14.0. The van der Waals surface area contributed by atoms with E-state index in [1.54, 1.807) is 0 Å². The molecule has 5 nitrogen and oxygen atoms in total. The molecule has 2 aliphatic rings. The quantitative estimate of drug-likeness (QED) is 0.924. The van der Waals surface area contributed by atoms with Gasteiger partial charge >= 0.3 is 0 Å². The van der Waals surface area contributed by atoms with Gasteiger partial charge in [0.1, 0.15) is 5.82 Å². The molecule has 0 bridgehead atoms. The van der Waals surface area contributed by atoms with Gasteiger partial charge in [-0.25, -0.2) is 13.4 Å². The van der Waals surface area contributed by atoms with E-state index in [2.05, 4.69) is 14.7 Å². The summed E-state index contributed by atoms with van der Waals surface area (Å²) >= 11 is 1.36. The summed E-state index contributed by atoms with van der Waals surface area (Å²) in [6, 6.07) is 0. The zero-order valence-electron chi connectivity index (χ0n) is 11.5. The van der Waals surface area contributed by atoms with Gasteiger partial charge in [-0.15, -0.1) is 0 Å². The van der Waals surface area contributed by atoms with E-state index in [0.717, 1.165) is 30.2 Å². The molecule has 2 fully saturated rings. The minimum Gasteiger partial charge on any atom is -0.359 e. The first-order valence-corrected chi connectivity index (χ1v) is 9.93. The van der Waals surface area contributed by atoms with Crippen LogP contribution < -0.4 is 5.32 Å². The summed E-state index contributed by atoms with van der Waals surface area (Å²) in [6.07, 6.45) is 7.50. The van der Waals surface area contributed by atoms with E-state index >= 15 is 0 Å². The number of anilines is 1. The van der Waals surface area contributed by atoms with Crippen molar-refractivity contribution >= 4 is 26.5 Å². The van der Waals surface area contributed by atoms with Gasteiger partial charge in [0, 0.05) is 24.0 Å². The van der Waals surface area contributed by atoms with Crippen LogP contribution >= 0.6 is 11.5 Å². The lowest BCUT2D eigenvalue weighted by atomic mass is 10.1. The fourth-order valence-corrected chi connectivity index (χ4v) is 5.56. The molecule has 20 heavy (non-hydrogen) atoms.